The molecule has 0 bridgehead atoms. The number of furan rings is 1. The molecule has 3 aromatic rings. The largest absolute Gasteiger partial charge is 0.458 e. The van der Waals surface area contributed by atoms with Crippen molar-refractivity contribution >= 4 is 22.6 Å². The average molecular weight is 413 g/mol. The SMILES string of the molecule is O=c1[nH]c(=O)n([C@@H]2O[C@H](CO)[C@](O)(c3cc4cc(Cl)ccc4o3)[C@H]2O)cc1F. The van der Waals surface area contributed by atoms with Crippen LogP contribution in [0.4, 0.5) is 4.39 Å². The van der Waals surface area contributed by atoms with Crippen LogP contribution in [-0.4, -0.2) is 43.7 Å². The molecule has 4 N–H and O–H groups in total. The number of aromatic amines is 1. The third-order valence-corrected chi connectivity index (χ3v) is 4.99. The minimum absolute atomic E-state index is 0.142. The fraction of sp³-hybridized carbons (Fsp3) is 0.294. The molecule has 0 spiro atoms. The minimum atomic E-state index is -2.27. The van der Waals surface area contributed by atoms with Gasteiger partial charge in [-0.1, -0.05) is 11.6 Å². The lowest BCUT2D eigenvalue weighted by Gasteiger charge is -2.27. The van der Waals surface area contributed by atoms with Gasteiger partial charge in [-0.2, -0.15) is 4.39 Å². The molecule has 0 radical (unpaired) electrons. The average Bonchev–Trinajstić information content (AvgIpc) is 3.18. The summed E-state index contributed by atoms with van der Waals surface area (Å²) in [5.41, 5.74) is -4.21. The topological polar surface area (TPSA) is 138 Å². The Bertz CT molecular complexity index is 1170. The second-order valence-corrected chi connectivity index (χ2v) is 6.84. The number of fused-ring (bicyclic) bond motifs is 1. The van der Waals surface area contributed by atoms with Crippen molar-refractivity contribution in [3.05, 3.63) is 67.9 Å². The molecular formula is C17H14ClFN2O7. The molecule has 1 fully saturated rings. The molecule has 9 nitrogen and oxygen atoms in total. The van der Waals surface area contributed by atoms with E-state index in [-0.39, 0.29) is 5.76 Å². The van der Waals surface area contributed by atoms with E-state index in [0.717, 1.165) is 0 Å². The maximum Gasteiger partial charge on any atom is 0.330 e. The van der Waals surface area contributed by atoms with Crippen molar-refractivity contribution < 1.29 is 28.9 Å². The monoisotopic (exact) mass is 412 g/mol. The molecule has 0 saturated carbocycles. The number of hydrogen-bond acceptors (Lipinski definition) is 7. The van der Waals surface area contributed by atoms with Crippen molar-refractivity contribution in [1.82, 2.24) is 9.55 Å². The van der Waals surface area contributed by atoms with E-state index in [1.54, 1.807) is 23.2 Å². The molecule has 0 aliphatic carbocycles. The van der Waals surface area contributed by atoms with Gasteiger partial charge in [0.2, 0.25) is 5.82 Å². The number of aliphatic hydroxyl groups excluding tert-OH is 2. The quantitative estimate of drug-likeness (QED) is 0.482. The van der Waals surface area contributed by atoms with Gasteiger partial charge in [0.1, 0.15) is 23.6 Å². The smallest absolute Gasteiger partial charge is 0.330 e. The van der Waals surface area contributed by atoms with Crippen molar-refractivity contribution in [2.24, 2.45) is 0 Å². The van der Waals surface area contributed by atoms with Crippen LogP contribution in [0.2, 0.25) is 5.02 Å². The van der Waals surface area contributed by atoms with E-state index in [1.165, 1.54) is 6.07 Å². The second kappa shape index (κ2) is 6.54. The first-order valence-corrected chi connectivity index (χ1v) is 8.50. The molecule has 28 heavy (non-hydrogen) atoms. The molecule has 0 unspecified atom stereocenters. The van der Waals surface area contributed by atoms with Gasteiger partial charge in [-0.25, -0.2) is 4.79 Å². The summed E-state index contributed by atoms with van der Waals surface area (Å²) in [7, 11) is 0. The maximum absolute atomic E-state index is 13.6. The third kappa shape index (κ3) is 2.69. The maximum atomic E-state index is 13.6. The van der Waals surface area contributed by atoms with Gasteiger partial charge in [0.05, 0.1) is 12.8 Å². The highest BCUT2D eigenvalue weighted by Gasteiger charge is 2.59. The molecule has 4 atom stereocenters. The van der Waals surface area contributed by atoms with Crippen molar-refractivity contribution in [1.29, 1.82) is 0 Å². The molecule has 3 heterocycles. The Hall–Kier alpha value is -2.50. The lowest BCUT2D eigenvalue weighted by atomic mass is 9.89. The van der Waals surface area contributed by atoms with Crippen molar-refractivity contribution in [3.63, 3.8) is 0 Å². The van der Waals surface area contributed by atoms with E-state index < -0.39 is 47.7 Å². The van der Waals surface area contributed by atoms with E-state index in [2.05, 4.69) is 0 Å². The highest BCUT2D eigenvalue weighted by atomic mass is 35.5. The van der Waals surface area contributed by atoms with Gasteiger partial charge in [-0.15, -0.1) is 0 Å². The molecular weight excluding hydrogens is 399 g/mol. The Morgan fingerprint density at radius 1 is 1.32 bits per heavy atom. The molecule has 1 saturated heterocycles. The molecule has 1 aliphatic rings. The number of rotatable bonds is 3. The van der Waals surface area contributed by atoms with Crippen LogP contribution in [0.1, 0.15) is 12.0 Å². The van der Waals surface area contributed by atoms with E-state index in [4.69, 9.17) is 20.8 Å². The number of aliphatic hydroxyl groups is 3. The summed E-state index contributed by atoms with van der Waals surface area (Å²) in [6.45, 7) is -0.748. The van der Waals surface area contributed by atoms with E-state index >= 15 is 0 Å². The Labute approximate surface area is 160 Å². The number of hydrogen-bond donors (Lipinski definition) is 4. The van der Waals surface area contributed by atoms with Gasteiger partial charge in [0, 0.05) is 10.4 Å². The molecule has 148 valence electrons. The summed E-state index contributed by atoms with van der Waals surface area (Å²) >= 11 is 5.93. The van der Waals surface area contributed by atoms with Gasteiger partial charge in [-0.3, -0.25) is 14.3 Å². The zero-order valence-corrected chi connectivity index (χ0v) is 14.8. The van der Waals surface area contributed by atoms with Gasteiger partial charge in [0.15, 0.2) is 11.8 Å². The van der Waals surface area contributed by atoms with E-state index in [9.17, 15) is 29.3 Å². The van der Waals surface area contributed by atoms with Crippen LogP contribution in [0.25, 0.3) is 11.0 Å². The number of nitrogens with one attached hydrogen (secondary N) is 1. The minimum Gasteiger partial charge on any atom is -0.458 e. The summed E-state index contributed by atoms with van der Waals surface area (Å²) in [4.78, 5) is 25.0. The lowest BCUT2D eigenvalue weighted by Crippen LogP contribution is -2.46. The van der Waals surface area contributed by atoms with Gasteiger partial charge in [0.25, 0.3) is 5.56 Å². The van der Waals surface area contributed by atoms with Crippen LogP contribution in [0.5, 0.6) is 0 Å². The molecule has 1 aromatic carbocycles. The fourth-order valence-corrected chi connectivity index (χ4v) is 3.50. The number of ether oxygens (including phenoxy) is 1. The summed E-state index contributed by atoms with van der Waals surface area (Å²) in [6, 6.07) is 6.11. The van der Waals surface area contributed by atoms with Gasteiger partial charge < -0.3 is 24.5 Å². The third-order valence-electron chi connectivity index (χ3n) is 4.75. The Balaban J connectivity index is 1.83. The number of nitrogens with zero attached hydrogens (tertiary/aromatic N) is 1. The summed E-state index contributed by atoms with van der Waals surface area (Å²) in [5, 5.41) is 32.5. The normalized spacial score (nSPS) is 27.5. The van der Waals surface area contributed by atoms with Crippen LogP contribution in [0, 0.1) is 5.82 Å². The van der Waals surface area contributed by atoms with E-state index in [0.29, 0.717) is 26.8 Å². The van der Waals surface area contributed by atoms with Crippen LogP contribution in [-0.2, 0) is 10.3 Å². The zero-order chi connectivity index (χ0) is 20.2. The second-order valence-electron chi connectivity index (χ2n) is 6.40. The Morgan fingerprint density at radius 3 is 2.79 bits per heavy atom. The van der Waals surface area contributed by atoms with Gasteiger partial charge in [-0.05, 0) is 24.3 Å². The standard InChI is InChI=1S/C17H14ClFN2O7/c18-8-1-2-10-7(3-8)4-11(27-10)17(26)12(6-22)28-15(13(17)23)21-5-9(19)14(24)20-16(21)25/h1-5,12-13,15,22-23,26H,6H2,(H,20,24,25)/t12-,13+,15-,17-/m1/s1. The summed E-state index contributed by atoms with van der Waals surface area (Å²) in [6.07, 6.45) is -4.31. The van der Waals surface area contributed by atoms with Gasteiger partial charge >= 0.3 is 5.69 Å². The molecule has 0 amide bonds. The first-order valence-electron chi connectivity index (χ1n) is 8.13. The van der Waals surface area contributed by atoms with Crippen LogP contribution >= 0.6 is 11.6 Å². The number of halogens is 2. The first kappa shape index (κ1) is 18.8. The summed E-state index contributed by atoms with van der Waals surface area (Å²) in [5.74, 6) is -1.43. The predicted octanol–water partition coefficient (Wildman–Crippen LogP) is 0.214. The fourth-order valence-electron chi connectivity index (χ4n) is 3.32. The molecule has 11 heteroatoms. The zero-order valence-electron chi connectivity index (χ0n) is 14.0. The summed E-state index contributed by atoms with van der Waals surface area (Å²) < 4.78 is 25.2. The first-order chi connectivity index (χ1) is 13.3. The Morgan fingerprint density at radius 2 is 2.07 bits per heavy atom. The molecule has 2 aromatic heterocycles. The Kier molecular flexibility index (Phi) is 4.40. The molecule has 4 rings (SSSR count). The van der Waals surface area contributed by atoms with Crippen LogP contribution in [0.3, 0.4) is 0 Å². The van der Waals surface area contributed by atoms with Crippen molar-refractivity contribution in [2.75, 3.05) is 6.61 Å². The van der Waals surface area contributed by atoms with Crippen LogP contribution in [0.15, 0.2) is 44.5 Å². The number of aromatic nitrogens is 2. The predicted molar refractivity (Wildman–Crippen MR) is 93.4 cm³/mol. The van der Waals surface area contributed by atoms with E-state index in [1.807, 2.05) is 0 Å². The van der Waals surface area contributed by atoms with Crippen molar-refractivity contribution in [2.45, 2.75) is 24.0 Å². The van der Waals surface area contributed by atoms with Crippen LogP contribution < -0.4 is 11.2 Å². The lowest BCUT2D eigenvalue weighted by molar-refractivity contribution is -0.109. The number of H-pyrrole nitrogens is 1. The number of benzene rings is 1. The van der Waals surface area contributed by atoms with Crippen molar-refractivity contribution in [3.8, 4) is 0 Å². The highest BCUT2D eigenvalue weighted by molar-refractivity contribution is 6.31. The molecule has 1 aliphatic heterocycles. The highest BCUT2D eigenvalue weighted by Crippen LogP contribution is 2.45.